The molecular weight excluding hydrogens is 185 g/mol. The highest BCUT2D eigenvalue weighted by atomic mass is 19.1. The van der Waals surface area contributed by atoms with Crippen LogP contribution in [0, 0.1) is 5.82 Å². The summed E-state index contributed by atoms with van der Waals surface area (Å²) in [6.07, 6.45) is 0.278. The Kier molecular flexibility index (Phi) is 3.59. The third kappa shape index (κ3) is 3.53. The second kappa shape index (κ2) is 4.72. The molecule has 0 saturated heterocycles. The molecule has 3 N–H and O–H groups in total. The van der Waals surface area contributed by atoms with Crippen LogP contribution in [0.1, 0.15) is 12.0 Å². The zero-order valence-electron chi connectivity index (χ0n) is 7.61. The lowest BCUT2D eigenvalue weighted by Gasteiger charge is -2.08. The molecule has 0 bridgehead atoms. The number of carboxylic acids is 1. The van der Waals surface area contributed by atoms with Crippen molar-refractivity contribution in [1.29, 1.82) is 0 Å². The highest BCUT2D eigenvalue weighted by Crippen LogP contribution is 2.06. The van der Waals surface area contributed by atoms with Gasteiger partial charge in [0.05, 0.1) is 6.42 Å². The van der Waals surface area contributed by atoms with E-state index in [0.717, 1.165) is 5.56 Å². The second-order valence-corrected chi connectivity index (χ2v) is 3.19. The van der Waals surface area contributed by atoms with Gasteiger partial charge in [0.1, 0.15) is 5.82 Å². The van der Waals surface area contributed by atoms with Crippen LogP contribution in [0.4, 0.5) is 4.39 Å². The number of carboxylic acid groups (broad SMARTS) is 1. The average molecular weight is 197 g/mol. The van der Waals surface area contributed by atoms with Gasteiger partial charge < -0.3 is 10.8 Å². The maximum atomic E-state index is 12.7. The normalized spacial score (nSPS) is 12.4. The van der Waals surface area contributed by atoms with Crippen LogP contribution in [0.5, 0.6) is 0 Å². The molecule has 0 unspecified atom stereocenters. The van der Waals surface area contributed by atoms with Crippen molar-refractivity contribution in [3.05, 3.63) is 35.6 Å². The zero-order valence-corrected chi connectivity index (χ0v) is 7.61. The van der Waals surface area contributed by atoms with Crippen LogP contribution in [0.15, 0.2) is 24.3 Å². The summed E-state index contributed by atoms with van der Waals surface area (Å²) in [7, 11) is 0. The summed E-state index contributed by atoms with van der Waals surface area (Å²) >= 11 is 0. The lowest BCUT2D eigenvalue weighted by atomic mass is 10.0. The van der Waals surface area contributed by atoms with Gasteiger partial charge in [0.2, 0.25) is 0 Å². The predicted octanol–water partition coefficient (Wildman–Crippen LogP) is 1.17. The number of carbonyl (C=O) groups is 1. The third-order valence-electron chi connectivity index (χ3n) is 1.82. The van der Waals surface area contributed by atoms with Crippen molar-refractivity contribution in [1.82, 2.24) is 0 Å². The van der Waals surface area contributed by atoms with E-state index < -0.39 is 12.0 Å². The van der Waals surface area contributed by atoms with Crippen molar-refractivity contribution in [3.8, 4) is 0 Å². The van der Waals surface area contributed by atoms with Gasteiger partial charge in [0, 0.05) is 6.04 Å². The highest BCUT2D eigenvalue weighted by Gasteiger charge is 2.08. The Bertz CT molecular complexity index is 328. The Morgan fingerprint density at radius 2 is 2.29 bits per heavy atom. The summed E-state index contributed by atoms with van der Waals surface area (Å²) in [4.78, 5) is 10.3. The van der Waals surface area contributed by atoms with Gasteiger partial charge in [0.15, 0.2) is 0 Å². The van der Waals surface area contributed by atoms with Crippen molar-refractivity contribution in [2.24, 2.45) is 5.73 Å². The molecule has 3 nitrogen and oxygen atoms in total. The van der Waals surface area contributed by atoms with Gasteiger partial charge in [-0.15, -0.1) is 0 Å². The molecule has 0 aliphatic carbocycles. The fourth-order valence-corrected chi connectivity index (χ4v) is 1.26. The minimum Gasteiger partial charge on any atom is -0.481 e. The molecule has 0 spiro atoms. The molecule has 14 heavy (non-hydrogen) atoms. The van der Waals surface area contributed by atoms with Crippen LogP contribution < -0.4 is 5.73 Å². The predicted molar refractivity (Wildman–Crippen MR) is 50.3 cm³/mol. The van der Waals surface area contributed by atoms with Gasteiger partial charge in [-0.05, 0) is 24.1 Å². The first-order valence-corrected chi connectivity index (χ1v) is 4.30. The monoisotopic (exact) mass is 197 g/mol. The van der Waals surface area contributed by atoms with Gasteiger partial charge in [-0.25, -0.2) is 4.39 Å². The number of aliphatic carboxylic acids is 1. The Morgan fingerprint density at radius 3 is 2.86 bits per heavy atom. The summed E-state index contributed by atoms with van der Waals surface area (Å²) in [5, 5.41) is 8.46. The molecule has 0 saturated carbocycles. The molecule has 76 valence electrons. The van der Waals surface area contributed by atoms with Crippen molar-refractivity contribution < 1.29 is 14.3 Å². The number of nitrogens with two attached hydrogens (primary N) is 1. The summed E-state index contributed by atoms with van der Waals surface area (Å²) < 4.78 is 12.7. The summed E-state index contributed by atoms with van der Waals surface area (Å²) in [5.74, 6) is -1.26. The lowest BCUT2D eigenvalue weighted by molar-refractivity contribution is -0.137. The van der Waals surface area contributed by atoms with Gasteiger partial charge >= 0.3 is 5.97 Å². The molecule has 1 aromatic carbocycles. The first-order chi connectivity index (χ1) is 6.58. The van der Waals surface area contributed by atoms with Crippen LogP contribution in [0.3, 0.4) is 0 Å². The van der Waals surface area contributed by atoms with E-state index in [1.807, 2.05) is 0 Å². The molecule has 1 atom stereocenters. The lowest BCUT2D eigenvalue weighted by Crippen LogP contribution is -2.26. The van der Waals surface area contributed by atoms with Crippen molar-refractivity contribution in [3.63, 3.8) is 0 Å². The van der Waals surface area contributed by atoms with E-state index in [0.29, 0.717) is 6.42 Å². The maximum Gasteiger partial charge on any atom is 0.304 e. The number of rotatable bonds is 4. The molecule has 1 aromatic rings. The van der Waals surface area contributed by atoms with E-state index in [-0.39, 0.29) is 12.2 Å². The van der Waals surface area contributed by atoms with E-state index in [9.17, 15) is 9.18 Å². The molecule has 0 radical (unpaired) electrons. The number of hydrogen-bond donors (Lipinski definition) is 2. The van der Waals surface area contributed by atoms with Crippen LogP contribution in [0.25, 0.3) is 0 Å². The van der Waals surface area contributed by atoms with Crippen molar-refractivity contribution in [2.75, 3.05) is 0 Å². The highest BCUT2D eigenvalue weighted by molar-refractivity contribution is 5.67. The zero-order chi connectivity index (χ0) is 10.6. The molecule has 0 heterocycles. The van der Waals surface area contributed by atoms with E-state index in [4.69, 9.17) is 10.8 Å². The van der Waals surface area contributed by atoms with Gasteiger partial charge in [-0.1, -0.05) is 12.1 Å². The van der Waals surface area contributed by atoms with Gasteiger partial charge in [-0.3, -0.25) is 4.79 Å². The van der Waals surface area contributed by atoms with Crippen LogP contribution >= 0.6 is 0 Å². The van der Waals surface area contributed by atoms with Gasteiger partial charge in [-0.2, -0.15) is 0 Å². The summed E-state index contributed by atoms with van der Waals surface area (Å²) in [6, 6.07) is 5.55. The first kappa shape index (κ1) is 10.7. The Hall–Kier alpha value is -1.42. The standard InChI is InChI=1S/C10H12FNO2/c11-8-3-1-2-7(4-8)5-9(12)6-10(13)14/h1-4,9H,5-6,12H2,(H,13,14)/t9-/m0/s1. The number of hydrogen-bond acceptors (Lipinski definition) is 2. The molecule has 1 rings (SSSR count). The quantitative estimate of drug-likeness (QED) is 0.761. The smallest absolute Gasteiger partial charge is 0.304 e. The van der Waals surface area contributed by atoms with Crippen LogP contribution in [0.2, 0.25) is 0 Å². The molecule has 0 aromatic heterocycles. The van der Waals surface area contributed by atoms with E-state index in [2.05, 4.69) is 0 Å². The Labute approximate surface area is 81.4 Å². The van der Waals surface area contributed by atoms with Crippen LogP contribution in [-0.4, -0.2) is 17.1 Å². The topological polar surface area (TPSA) is 63.3 Å². The number of halogens is 1. The molecule has 0 aliphatic rings. The first-order valence-electron chi connectivity index (χ1n) is 4.30. The Morgan fingerprint density at radius 1 is 1.57 bits per heavy atom. The molecule has 0 fully saturated rings. The largest absolute Gasteiger partial charge is 0.481 e. The van der Waals surface area contributed by atoms with Crippen molar-refractivity contribution >= 4 is 5.97 Å². The Balaban J connectivity index is 2.55. The third-order valence-corrected chi connectivity index (χ3v) is 1.82. The number of benzene rings is 1. The second-order valence-electron chi connectivity index (χ2n) is 3.19. The summed E-state index contributed by atoms with van der Waals surface area (Å²) in [6.45, 7) is 0. The summed E-state index contributed by atoms with van der Waals surface area (Å²) in [5.41, 5.74) is 6.27. The average Bonchev–Trinajstić information content (AvgIpc) is 2.01. The fourth-order valence-electron chi connectivity index (χ4n) is 1.26. The SMILES string of the molecule is N[C@H](CC(=O)O)Cc1cccc(F)c1. The molecule has 0 amide bonds. The van der Waals surface area contributed by atoms with E-state index in [1.165, 1.54) is 12.1 Å². The van der Waals surface area contributed by atoms with E-state index >= 15 is 0 Å². The minimum absolute atomic E-state index is 0.101. The molecular formula is C10H12FNO2. The van der Waals surface area contributed by atoms with E-state index in [1.54, 1.807) is 12.1 Å². The molecule has 4 heteroatoms. The maximum absolute atomic E-state index is 12.7. The van der Waals surface area contributed by atoms with Crippen LogP contribution in [-0.2, 0) is 11.2 Å². The molecule has 0 aliphatic heterocycles. The van der Waals surface area contributed by atoms with Gasteiger partial charge in [0.25, 0.3) is 0 Å². The van der Waals surface area contributed by atoms with Crippen molar-refractivity contribution in [2.45, 2.75) is 18.9 Å². The fraction of sp³-hybridized carbons (Fsp3) is 0.300. The minimum atomic E-state index is -0.936.